The van der Waals surface area contributed by atoms with Gasteiger partial charge in [0.05, 0.1) is 17.4 Å². The van der Waals surface area contributed by atoms with Crippen molar-refractivity contribution in [2.45, 2.75) is 271 Å². The molecule has 0 radical (unpaired) electrons. The molecule has 1 saturated heterocycles. The molecule has 0 aromatic carbocycles. The molecule has 10 rings (SSSR count). The van der Waals surface area contributed by atoms with E-state index in [0.717, 1.165) is 66.6 Å². The molecule has 0 saturated carbocycles. The summed E-state index contributed by atoms with van der Waals surface area (Å²) in [5.41, 5.74) is 4.91. The van der Waals surface area contributed by atoms with E-state index in [1.165, 1.54) is 27.4 Å². The van der Waals surface area contributed by atoms with Gasteiger partial charge in [0, 0.05) is 94.1 Å². The fourth-order valence-corrected chi connectivity index (χ4v) is 11.1. The van der Waals surface area contributed by atoms with Crippen LogP contribution >= 0.6 is 22.9 Å². The molecular weight excluding hydrogens is 1420 g/mol. The number of oxazole rings is 2. The van der Waals surface area contributed by atoms with Crippen molar-refractivity contribution in [3.05, 3.63) is 159 Å². The molecule has 2 atom stereocenters. The average Bonchev–Trinajstić information content (AvgIpc) is 1.73. The molecule has 1 fully saturated rings. The fraction of sp³-hybridized carbons (Fsp3) is 0.522. The largest absolute Gasteiger partial charge is 0.438 e. The van der Waals surface area contributed by atoms with Crippen LogP contribution in [0.4, 0.5) is 0 Å². The zero-order valence-corrected chi connectivity index (χ0v) is 74.0. The smallest absolute Gasteiger partial charge is 0.273 e. The number of nitrogens with zero attached hydrogens (tertiary/aromatic N) is 11. The number of carbonyl (C=O) groups excluding carboxylic acids is 3. The van der Waals surface area contributed by atoms with Crippen LogP contribution in [0.1, 0.15) is 293 Å². The third-order valence-corrected chi connectivity index (χ3v) is 19.5. The summed E-state index contributed by atoms with van der Waals surface area (Å²) < 4.78 is 23.0. The number of terminal acetylenes is 7. The van der Waals surface area contributed by atoms with E-state index < -0.39 is 0 Å². The van der Waals surface area contributed by atoms with Gasteiger partial charge in [-0.25, -0.2) is 19.9 Å². The Morgan fingerprint density at radius 3 is 1.50 bits per heavy atom. The monoisotopic (exact) mass is 1550 g/mol. The molecule has 0 spiro atoms. The molecule has 598 valence electrons. The van der Waals surface area contributed by atoms with Crippen molar-refractivity contribution in [3.8, 4) is 86.4 Å². The van der Waals surface area contributed by atoms with Crippen LogP contribution in [0.3, 0.4) is 0 Å². The molecule has 7 aromatic heterocycles. The topological polar surface area (TPSA) is 197 Å². The van der Waals surface area contributed by atoms with E-state index in [4.69, 9.17) is 58.3 Å². The highest BCUT2D eigenvalue weighted by Gasteiger charge is 2.34. The minimum Gasteiger partial charge on any atom is -0.438 e. The quantitative estimate of drug-likeness (QED) is 0.111. The summed E-state index contributed by atoms with van der Waals surface area (Å²) in [6.45, 7) is 69.5. The summed E-state index contributed by atoms with van der Waals surface area (Å²) in [6.07, 6.45) is 60.1. The van der Waals surface area contributed by atoms with E-state index in [0.29, 0.717) is 46.2 Å². The minimum atomic E-state index is -0.0272. The number of hydrogen-bond acceptors (Lipinski definition) is 15. The van der Waals surface area contributed by atoms with Crippen LogP contribution in [-0.4, -0.2) is 96.4 Å². The van der Waals surface area contributed by atoms with Gasteiger partial charge in [0.2, 0.25) is 11.8 Å². The summed E-state index contributed by atoms with van der Waals surface area (Å²) in [7, 11) is 0. The van der Waals surface area contributed by atoms with E-state index in [2.05, 4.69) is 249 Å². The second-order valence-electron chi connectivity index (χ2n) is 36.9. The first-order chi connectivity index (χ1) is 50.8. The molecule has 2 aliphatic heterocycles. The Hall–Kier alpha value is -9.94. The second-order valence-corrected chi connectivity index (χ2v) is 38.7. The first-order valence-corrected chi connectivity index (χ1v) is 38.6. The number of amides is 2. The van der Waals surface area contributed by atoms with Crippen LogP contribution in [0.15, 0.2) is 106 Å². The van der Waals surface area contributed by atoms with Crippen LogP contribution in [0.2, 0.25) is 0 Å². The van der Waals surface area contributed by atoms with Crippen LogP contribution in [0.5, 0.6) is 0 Å². The van der Waals surface area contributed by atoms with Crippen LogP contribution in [-0.2, 0) is 52.5 Å². The van der Waals surface area contributed by atoms with Gasteiger partial charge in [-0.05, 0) is 191 Å². The van der Waals surface area contributed by atoms with Gasteiger partial charge in [0.15, 0.2) is 22.3 Å². The van der Waals surface area contributed by atoms with Crippen molar-refractivity contribution in [3.63, 3.8) is 0 Å². The number of imidazole rings is 1. The SMILES string of the molecule is C#Cc1cc(C(C)(C)C)sn1.C#Cc1ccn(C(C)(C)C)n1.C#Cc1nc(C(C)(C)C)co1.C#Cc1ncc(C(C)(C)C)o1.C#Cc1ncc(C(C)(C)C)s1.C#Cc1nccn1C(C)(C)C.C#Cc1nocc1C(C)(C)C.C=CC(=O)N1CCC(C(C)(C)C)C1.CC(C)(C)C1CC=CC(=O)C1.CC(C)(C)N1CC=CC1=O. The first kappa shape index (κ1) is 99.1. The number of thiazole rings is 1. The number of ketones is 1. The Labute approximate surface area is 676 Å². The van der Waals surface area contributed by atoms with Gasteiger partial charge in [0.1, 0.15) is 29.7 Å². The summed E-state index contributed by atoms with van der Waals surface area (Å²) >= 11 is 3.08. The van der Waals surface area contributed by atoms with Crippen molar-refractivity contribution >= 4 is 40.5 Å². The average molecular weight is 1550 g/mol. The summed E-state index contributed by atoms with van der Waals surface area (Å²) in [6, 6.07) is 3.82. The van der Waals surface area contributed by atoms with Crippen molar-refractivity contribution in [1.29, 1.82) is 0 Å². The molecule has 7 aromatic rings. The van der Waals surface area contributed by atoms with Gasteiger partial charge >= 0.3 is 0 Å². The Kier molecular flexibility index (Phi) is 37.9. The van der Waals surface area contributed by atoms with Crippen molar-refractivity contribution in [1.82, 2.24) is 53.6 Å². The van der Waals surface area contributed by atoms with E-state index >= 15 is 0 Å². The van der Waals surface area contributed by atoms with Crippen LogP contribution in [0.25, 0.3) is 0 Å². The summed E-state index contributed by atoms with van der Waals surface area (Å²) in [4.78, 5) is 55.7. The lowest BCUT2D eigenvalue weighted by Crippen LogP contribution is -2.42. The van der Waals surface area contributed by atoms with Crippen molar-refractivity contribution in [2.24, 2.45) is 22.7 Å². The molecule has 1 aliphatic carbocycles. The fourth-order valence-electron chi connectivity index (χ4n) is 9.61. The Balaban J connectivity index is 0.000000617. The zero-order chi connectivity index (χ0) is 85.7. The molecule has 0 N–H and O–H groups in total. The zero-order valence-electron chi connectivity index (χ0n) is 72.4. The lowest BCUT2D eigenvalue weighted by Gasteiger charge is -2.31. The lowest BCUT2D eigenvalue weighted by atomic mass is 9.74. The van der Waals surface area contributed by atoms with Crippen molar-refractivity contribution < 1.29 is 27.7 Å². The van der Waals surface area contributed by atoms with Gasteiger partial charge in [0.25, 0.3) is 11.8 Å². The number of allylic oxidation sites excluding steroid dienone is 2. The van der Waals surface area contributed by atoms with Gasteiger partial charge in [-0.3, -0.25) is 19.1 Å². The highest BCUT2D eigenvalue weighted by atomic mass is 32.1. The lowest BCUT2D eigenvalue weighted by molar-refractivity contribution is -0.128. The maximum atomic E-state index is 11.3. The van der Waals surface area contributed by atoms with Gasteiger partial charge < -0.3 is 27.7 Å². The normalized spacial score (nSPS) is 14.7. The number of hydrogen-bond donors (Lipinski definition) is 0. The second kappa shape index (κ2) is 42.5. The Bertz CT molecular complexity index is 4040. The van der Waals surface area contributed by atoms with E-state index in [9.17, 15) is 14.4 Å². The van der Waals surface area contributed by atoms with E-state index in [1.54, 1.807) is 48.4 Å². The van der Waals surface area contributed by atoms with Crippen LogP contribution < -0.4 is 0 Å². The molecule has 19 heteroatoms. The highest BCUT2D eigenvalue weighted by Crippen LogP contribution is 2.36. The predicted molar refractivity (Wildman–Crippen MR) is 458 cm³/mol. The summed E-state index contributed by atoms with van der Waals surface area (Å²) in [5, 5.41) is 8.64. The van der Waals surface area contributed by atoms with Crippen molar-refractivity contribution in [2.75, 3.05) is 19.6 Å². The predicted octanol–water partition coefficient (Wildman–Crippen LogP) is 19.8. The van der Waals surface area contributed by atoms with Crippen LogP contribution in [0, 0.1) is 109 Å². The molecule has 0 bridgehead atoms. The molecular formula is C92H127N11O6S2. The third kappa shape index (κ3) is 35.7. The van der Waals surface area contributed by atoms with Gasteiger partial charge in [-0.15, -0.1) is 56.3 Å². The third-order valence-electron chi connectivity index (χ3n) is 16.9. The Morgan fingerprint density at radius 1 is 0.604 bits per heavy atom. The number of aromatic nitrogens is 9. The maximum Gasteiger partial charge on any atom is 0.273 e. The minimum absolute atomic E-state index is 0.0118. The Morgan fingerprint density at radius 2 is 1.20 bits per heavy atom. The van der Waals surface area contributed by atoms with E-state index in [1.807, 2.05) is 103 Å². The number of likely N-dealkylation sites (tertiary alicyclic amines) is 1. The molecule has 9 heterocycles. The van der Waals surface area contributed by atoms with Gasteiger partial charge in [-0.1, -0.05) is 169 Å². The summed E-state index contributed by atoms with van der Waals surface area (Å²) in [5.74, 6) is 21.1. The molecule has 2 unspecified atom stereocenters. The van der Waals surface area contributed by atoms with Gasteiger partial charge in [-0.2, -0.15) is 9.47 Å². The molecule has 2 amide bonds. The highest BCUT2D eigenvalue weighted by molar-refractivity contribution is 7.12. The standard InChI is InChI=1S/C11H19NO.C10H16O.2C9H12N2.3C9H11NO.2C9H11NS.C8H13NO/c1-5-10(13)12-7-6-9(8-12)11(2,3)4;1-10(2,3)8-5-4-6-9(11)7-8;1-5-8-10-6-7-11(8)9(2,3)4;1-5-8-6-7-11(10-8)9(2,3)4;1-5-8-10-7(6-11-8)9(2,3)4;1-5-8-10-6-7(11-8)9(2,3)4;1-5-8-7(6-11-10-8)9(2,3)4;1-5-8-10-6-7(11-8)9(2,3)4;1-5-7-6-8(11-10-7)9(2,3)4;1-8(2,3)9-6-4-5-7(9)10/h5,9H,1,6-8H2,2-4H3;4,6,8H,5,7H2,1-3H3;2*1,6-7H,2-4H3;5*1,6H,2-4H3;4-5H,6H2,1-3H3. The maximum absolute atomic E-state index is 11.3. The molecule has 3 aliphatic rings. The number of carbonyl (C=O) groups is 3. The number of rotatable bonds is 1. The van der Waals surface area contributed by atoms with E-state index in [-0.39, 0.29) is 66.7 Å². The first-order valence-electron chi connectivity index (χ1n) is 37.0. The molecule has 111 heavy (non-hydrogen) atoms. The molecule has 17 nitrogen and oxygen atoms in total.